The van der Waals surface area contributed by atoms with Crippen LogP contribution in [0.15, 0.2) is 28.7 Å². The highest BCUT2D eigenvalue weighted by Gasteiger charge is 2.15. The first-order chi connectivity index (χ1) is 8.25. The van der Waals surface area contributed by atoms with Crippen LogP contribution in [0.4, 0.5) is 0 Å². The second-order valence-electron chi connectivity index (χ2n) is 4.65. The SMILES string of the molecule is C[C@H](NCC[C@H]1CCCO1)c1ccc(Br)cc1. The van der Waals surface area contributed by atoms with Gasteiger partial charge in [-0.15, -0.1) is 0 Å². The van der Waals surface area contributed by atoms with Crippen LogP contribution >= 0.6 is 15.9 Å². The highest BCUT2D eigenvalue weighted by molar-refractivity contribution is 9.10. The summed E-state index contributed by atoms with van der Waals surface area (Å²) in [5.41, 5.74) is 1.33. The number of benzene rings is 1. The van der Waals surface area contributed by atoms with Gasteiger partial charge in [-0.2, -0.15) is 0 Å². The van der Waals surface area contributed by atoms with Crippen LogP contribution in [0.1, 0.15) is 37.8 Å². The molecule has 0 unspecified atom stereocenters. The maximum Gasteiger partial charge on any atom is 0.0588 e. The van der Waals surface area contributed by atoms with E-state index in [1.165, 1.54) is 18.4 Å². The second-order valence-corrected chi connectivity index (χ2v) is 5.57. The van der Waals surface area contributed by atoms with E-state index in [-0.39, 0.29) is 0 Å². The fourth-order valence-electron chi connectivity index (χ4n) is 2.20. The van der Waals surface area contributed by atoms with Crippen LogP contribution in [0, 0.1) is 0 Å². The molecule has 0 radical (unpaired) electrons. The number of nitrogens with one attached hydrogen (secondary N) is 1. The third kappa shape index (κ3) is 4.09. The van der Waals surface area contributed by atoms with Crippen molar-refractivity contribution in [2.75, 3.05) is 13.2 Å². The molecular formula is C14H20BrNO. The van der Waals surface area contributed by atoms with Gasteiger partial charge < -0.3 is 10.1 Å². The van der Waals surface area contributed by atoms with Gasteiger partial charge in [0.1, 0.15) is 0 Å². The number of hydrogen-bond donors (Lipinski definition) is 1. The first kappa shape index (κ1) is 13.1. The van der Waals surface area contributed by atoms with Crippen molar-refractivity contribution in [2.45, 2.75) is 38.3 Å². The zero-order valence-corrected chi connectivity index (χ0v) is 11.9. The molecule has 0 spiro atoms. The third-order valence-electron chi connectivity index (χ3n) is 3.31. The zero-order chi connectivity index (χ0) is 12.1. The molecule has 1 saturated heterocycles. The van der Waals surface area contributed by atoms with Crippen molar-refractivity contribution in [3.8, 4) is 0 Å². The Hall–Kier alpha value is -0.380. The van der Waals surface area contributed by atoms with E-state index in [1.54, 1.807) is 0 Å². The maximum absolute atomic E-state index is 5.61. The van der Waals surface area contributed by atoms with Crippen molar-refractivity contribution in [3.05, 3.63) is 34.3 Å². The van der Waals surface area contributed by atoms with Crippen LogP contribution in [0.3, 0.4) is 0 Å². The summed E-state index contributed by atoms with van der Waals surface area (Å²) >= 11 is 3.45. The van der Waals surface area contributed by atoms with E-state index in [9.17, 15) is 0 Å². The Labute approximate surface area is 112 Å². The van der Waals surface area contributed by atoms with Crippen LogP contribution in [0.25, 0.3) is 0 Å². The Morgan fingerprint density at radius 3 is 2.82 bits per heavy atom. The number of ether oxygens (including phenoxy) is 1. The summed E-state index contributed by atoms with van der Waals surface area (Å²) in [6, 6.07) is 8.91. The standard InChI is InChI=1S/C14H20BrNO/c1-11(12-4-6-13(15)7-5-12)16-9-8-14-3-2-10-17-14/h4-7,11,14,16H,2-3,8-10H2,1H3/t11-,14+/m0/s1. The van der Waals surface area contributed by atoms with Crippen LogP contribution in [-0.2, 0) is 4.74 Å². The Morgan fingerprint density at radius 1 is 1.41 bits per heavy atom. The van der Waals surface area contributed by atoms with Crippen molar-refractivity contribution < 1.29 is 4.74 Å². The minimum atomic E-state index is 0.407. The van der Waals surface area contributed by atoms with Crippen molar-refractivity contribution in [1.82, 2.24) is 5.32 Å². The lowest BCUT2D eigenvalue weighted by Crippen LogP contribution is -2.23. The fourth-order valence-corrected chi connectivity index (χ4v) is 2.47. The molecule has 0 bridgehead atoms. The lowest BCUT2D eigenvalue weighted by Gasteiger charge is -2.16. The van der Waals surface area contributed by atoms with Gasteiger partial charge in [-0.3, -0.25) is 0 Å². The van der Waals surface area contributed by atoms with Gasteiger partial charge in [-0.05, 0) is 50.4 Å². The Balaban J connectivity index is 1.72. The van der Waals surface area contributed by atoms with Gasteiger partial charge in [0.25, 0.3) is 0 Å². The molecule has 2 atom stereocenters. The molecule has 0 aliphatic carbocycles. The molecule has 2 rings (SSSR count). The molecule has 1 heterocycles. The van der Waals surface area contributed by atoms with E-state index >= 15 is 0 Å². The predicted octanol–water partition coefficient (Wildman–Crippen LogP) is 3.67. The van der Waals surface area contributed by atoms with Crippen LogP contribution in [0.5, 0.6) is 0 Å². The van der Waals surface area contributed by atoms with E-state index in [1.807, 2.05) is 0 Å². The van der Waals surface area contributed by atoms with E-state index in [4.69, 9.17) is 4.74 Å². The maximum atomic E-state index is 5.61. The Bertz CT molecular complexity index is 333. The van der Waals surface area contributed by atoms with Crippen LogP contribution < -0.4 is 5.32 Å². The molecule has 1 aliphatic rings. The van der Waals surface area contributed by atoms with Gasteiger partial charge >= 0.3 is 0 Å². The average molecular weight is 298 g/mol. The van der Waals surface area contributed by atoms with Gasteiger partial charge in [0.2, 0.25) is 0 Å². The molecule has 1 aromatic carbocycles. The molecule has 2 nitrogen and oxygen atoms in total. The second kappa shape index (κ2) is 6.53. The van der Waals surface area contributed by atoms with Gasteiger partial charge in [-0.25, -0.2) is 0 Å². The normalized spacial score (nSPS) is 21.6. The zero-order valence-electron chi connectivity index (χ0n) is 10.3. The summed E-state index contributed by atoms with van der Waals surface area (Å²) < 4.78 is 6.74. The van der Waals surface area contributed by atoms with E-state index in [0.29, 0.717) is 12.1 Å². The molecule has 17 heavy (non-hydrogen) atoms. The first-order valence-corrected chi connectivity index (χ1v) is 7.15. The van der Waals surface area contributed by atoms with Gasteiger partial charge in [0, 0.05) is 17.1 Å². The summed E-state index contributed by atoms with van der Waals surface area (Å²) in [6.07, 6.45) is 4.07. The minimum absolute atomic E-state index is 0.407. The number of halogens is 1. The van der Waals surface area contributed by atoms with Gasteiger partial charge in [0.05, 0.1) is 6.10 Å². The summed E-state index contributed by atoms with van der Waals surface area (Å²) in [6.45, 7) is 4.19. The lowest BCUT2D eigenvalue weighted by molar-refractivity contribution is 0.103. The lowest BCUT2D eigenvalue weighted by atomic mass is 10.1. The van der Waals surface area contributed by atoms with Crippen molar-refractivity contribution in [3.63, 3.8) is 0 Å². The molecule has 1 N–H and O–H groups in total. The minimum Gasteiger partial charge on any atom is -0.378 e. The van der Waals surface area contributed by atoms with Crippen LogP contribution in [0.2, 0.25) is 0 Å². The van der Waals surface area contributed by atoms with Crippen molar-refractivity contribution in [2.24, 2.45) is 0 Å². The largest absolute Gasteiger partial charge is 0.378 e. The summed E-state index contributed by atoms with van der Waals surface area (Å²) in [5, 5.41) is 3.55. The third-order valence-corrected chi connectivity index (χ3v) is 3.84. The quantitative estimate of drug-likeness (QED) is 0.895. The molecule has 1 fully saturated rings. The smallest absolute Gasteiger partial charge is 0.0588 e. The predicted molar refractivity (Wildman–Crippen MR) is 74.2 cm³/mol. The molecule has 3 heteroatoms. The first-order valence-electron chi connectivity index (χ1n) is 6.36. The van der Waals surface area contributed by atoms with Crippen LogP contribution in [-0.4, -0.2) is 19.3 Å². The molecule has 0 amide bonds. The fraction of sp³-hybridized carbons (Fsp3) is 0.571. The van der Waals surface area contributed by atoms with Gasteiger partial charge in [0.15, 0.2) is 0 Å². The van der Waals surface area contributed by atoms with E-state index < -0.39 is 0 Å². The highest BCUT2D eigenvalue weighted by atomic mass is 79.9. The molecule has 0 saturated carbocycles. The molecule has 0 aromatic heterocycles. The van der Waals surface area contributed by atoms with E-state index in [2.05, 4.69) is 52.4 Å². The average Bonchev–Trinajstić information content (AvgIpc) is 2.83. The molecule has 1 aromatic rings. The van der Waals surface area contributed by atoms with Gasteiger partial charge in [-0.1, -0.05) is 28.1 Å². The molecular weight excluding hydrogens is 278 g/mol. The molecule has 1 aliphatic heterocycles. The Kier molecular flexibility index (Phi) is 5.01. The topological polar surface area (TPSA) is 21.3 Å². The number of rotatable bonds is 5. The highest BCUT2D eigenvalue weighted by Crippen LogP contribution is 2.18. The summed E-state index contributed by atoms with van der Waals surface area (Å²) in [4.78, 5) is 0. The van der Waals surface area contributed by atoms with Crippen molar-refractivity contribution >= 4 is 15.9 Å². The van der Waals surface area contributed by atoms with E-state index in [0.717, 1.165) is 24.0 Å². The number of hydrogen-bond acceptors (Lipinski definition) is 2. The molecule has 94 valence electrons. The monoisotopic (exact) mass is 297 g/mol. The summed E-state index contributed by atoms with van der Waals surface area (Å²) in [5.74, 6) is 0. The Morgan fingerprint density at radius 2 is 2.18 bits per heavy atom. The van der Waals surface area contributed by atoms with Crippen molar-refractivity contribution in [1.29, 1.82) is 0 Å². The summed E-state index contributed by atoms with van der Waals surface area (Å²) in [7, 11) is 0.